The molecule has 11 heteroatoms. The molecule has 0 unspecified atom stereocenters. The lowest BCUT2D eigenvalue weighted by Gasteiger charge is -2.43. The number of fused-ring (bicyclic) bond motifs is 2. The second-order valence-corrected chi connectivity index (χ2v) is 16.6. The van der Waals surface area contributed by atoms with Gasteiger partial charge < -0.3 is 15.0 Å². The first-order valence-electron chi connectivity index (χ1n) is 18.4. The van der Waals surface area contributed by atoms with Crippen LogP contribution in [0.2, 0.25) is 0 Å². The number of anilines is 1. The Hall–Kier alpha value is -4.38. The number of benzene rings is 1. The van der Waals surface area contributed by atoms with Gasteiger partial charge in [0.1, 0.15) is 23.5 Å². The largest absolute Gasteiger partial charge is 0.484 e. The van der Waals surface area contributed by atoms with Crippen LogP contribution in [0.25, 0.3) is 5.65 Å². The van der Waals surface area contributed by atoms with Crippen molar-refractivity contribution < 1.29 is 14.3 Å². The third-order valence-electron chi connectivity index (χ3n) is 10.6. The molecular weight excluding hydrogens is 640 g/mol. The summed E-state index contributed by atoms with van der Waals surface area (Å²) in [6, 6.07) is 13.1. The fourth-order valence-electron chi connectivity index (χ4n) is 7.56. The minimum atomic E-state index is -0.382. The molecule has 1 saturated carbocycles. The maximum Gasteiger partial charge on any atom is 0.320 e. The Morgan fingerprint density at radius 1 is 0.922 bits per heavy atom. The van der Waals surface area contributed by atoms with Gasteiger partial charge >= 0.3 is 6.03 Å². The summed E-state index contributed by atoms with van der Waals surface area (Å²) in [5.74, 6) is 1.98. The van der Waals surface area contributed by atoms with Gasteiger partial charge in [-0.15, -0.1) is 10.2 Å². The van der Waals surface area contributed by atoms with Crippen LogP contribution in [0.15, 0.2) is 48.7 Å². The van der Waals surface area contributed by atoms with Crippen molar-refractivity contribution in [1.29, 1.82) is 0 Å². The number of ether oxygens (including phenoxy) is 1. The number of urea groups is 1. The van der Waals surface area contributed by atoms with Gasteiger partial charge in [-0.2, -0.15) is 0 Å². The van der Waals surface area contributed by atoms with E-state index in [-0.39, 0.29) is 46.2 Å². The van der Waals surface area contributed by atoms with Crippen LogP contribution in [0.4, 0.5) is 10.6 Å². The van der Waals surface area contributed by atoms with Crippen molar-refractivity contribution in [2.45, 2.75) is 128 Å². The fourth-order valence-corrected chi connectivity index (χ4v) is 7.56. The highest BCUT2D eigenvalue weighted by Crippen LogP contribution is 2.39. The molecule has 0 spiro atoms. The van der Waals surface area contributed by atoms with Gasteiger partial charge in [0.2, 0.25) is 0 Å². The summed E-state index contributed by atoms with van der Waals surface area (Å²) in [7, 11) is 4.24. The predicted octanol–water partition coefficient (Wildman–Crippen LogP) is 8.12. The van der Waals surface area contributed by atoms with Crippen LogP contribution in [-0.2, 0) is 10.8 Å². The smallest absolute Gasteiger partial charge is 0.320 e. The molecule has 2 amide bonds. The molecule has 0 aliphatic heterocycles. The lowest BCUT2D eigenvalue weighted by atomic mass is 9.77. The number of rotatable bonds is 9. The summed E-state index contributed by atoms with van der Waals surface area (Å²) in [5, 5.41) is 14.8. The molecule has 4 aromatic rings. The average molecular weight is 695 g/mol. The first-order chi connectivity index (χ1) is 24.1. The zero-order chi connectivity index (χ0) is 36.6. The molecule has 1 aromatic carbocycles. The van der Waals surface area contributed by atoms with Crippen LogP contribution in [-0.4, -0.2) is 60.9 Å². The normalized spacial score (nSPS) is 19.1. The molecule has 51 heavy (non-hydrogen) atoms. The topological polar surface area (TPSA) is 127 Å². The number of hydrogen-bond acceptors (Lipinski definition) is 8. The molecule has 0 radical (unpaired) electrons. The molecule has 2 aliphatic rings. The number of nitrogens with one attached hydrogen (secondary N) is 2. The van der Waals surface area contributed by atoms with Crippen molar-refractivity contribution in [3.63, 3.8) is 0 Å². The molecule has 6 rings (SSSR count). The number of amides is 2. The number of nitrogens with zero attached hydrogens (tertiary/aromatic N) is 6. The summed E-state index contributed by atoms with van der Waals surface area (Å²) in [4.78, 5) is 38.7. The summed E-state index contributed by atoms with van der Waals surface area (Å²) in [6.45, 7) is 12.5. The second-order valence-electron chi connectivity index (χ2n) is 16.6. The van der Waals surface area contributed by atoms with E-state index >= 15 is 0 Å². The maximum atomic E-state index is 13.6. The number of aromatic nitrogens is 5. The van der Waals surface area contributed by atoms with E-state index < -0.39 is 0 Å². The Labute approximate surface area is 302 Å². The minimum absolute atomic E-state index is 0.0255. The van der Waals surface area contributed by atoms with Crippen molar-refractivity contribution in [3.05, 3.63) is 77.1 Å². The number of pyridine rings is 1. The molecule has 2 aliphatic carbocycles. The van der Waals surface area contributed by atoms with Crippen molar-refractivity contribution in [2.24, 2.45) is 0 Å². The summed E-state index contributed by atoms with van der Waals surface area (Å²) >= 11 is 0. The third-order valence-corrected chi connectivity index (χ3v) is 10.6. The highest BCUT2D eigenvalue weighted by atomic mass is 16.5. The van der Waals surface area contributed by atoms with E-state index in [1.54, 1.807) is 6.07 Å². The highest BCUT2D eigenvalue weighted by molar-refractivity contribution is 5.94. The standard InChI is InChI=1S/C40H54N8O3/c1-38(2,3)32-24-33(43-35(42-32)30(49)20-23-40(47(7)8)21-12-9-13-22-40)44-37(50)41-29-17-18-31(28-15-11-10-14-27(28)29)51-26-16-19-34-45-46-36(39(4,5)6)48(34)25-26/h10-11,14-16,19,24-25,29,31H,9,12-13,17-18,20-23H2,1-8H3,(H2,41,42,43,44,50)/t29-,31+/m0/s1. The maximum absolute atomic E-state index is 13.6. The molecule has 2 atom stereocenters. The predicted molar refractivity (Wildman–Crippen MR) is 199 cm³/mol. The Morgan fingerprint density at radius 3 is 2.33 bits per heavy atom. The van der Waals surface area contributed by atoms with Crippen molar-refractivity contribution >= 4 is 23.3 Å². The van der Waals surface area contributed by atoms with Crippen LogP contribution in [0.5, 0.6) is 5.75 Å². The molecule has 11 nitrogen and oxygen atoms in total. The molecule has 1 fully saturated rings. The molecule has 272 valence electrons. The molecular formula is C40H54N8O3. The van der Waals surface area contributed by atoms with Crippen LogP contribution in [0, 0.1) is 0 Å². The zero-order valence-electron chi connectivity index (χ0n) is 31.5. The molecule has 3 heterocycles. The van der Waals surface area contributed by atoms with Crippen molar-refractivity contribution in [2.75, 3.05) is 19.4 Å². The monoisotopic (exact) mass is 694 g/mol. The van der Waals surface area contributed by atoms with E-state index in [9.17, 15) is 9.59 Å². The summed E-state index contributed by atoms with van der Waals surface area (Å²) in [6.07, 6.45) is 10.1. The average Bonchev–Trinajstić information content (AvgIpc) is 3.52. The highest BCUT2D eigenvalue weighted by Gasteiger charge is 2.35. The van der Waals surface area contributed by atoms with Gasteiger partial charge in [-0.3, -0.25) is 14.5 Å². The zero-order valence-corrected chi connectivity index (χ0v) is 31.5. The first-order valence-corrected chi connectivity index (χ1v) is 18.4. The van der Waals surface area contributed by atoms with E-state index in [0.29, 0.717) is 30.8 Å². The van der Waals surface area contributed by atoms with Crippen LogP contribution >= 0.6 is 0 Å². The Kier molecular flexibility index (Phi) is 10.2. The van der Waals surface area contributed by atoms with Crippen LogP contribution < -0.4 is 15.4 Å². The Bertz CT molecular complexity index is 1880. The fraction of sp³-hybridized carbons (Fsp3) is 0.550. The molecule has 0 saturated heterocycles. The van der Waals surface area contributed by atoms with Gasteiger partial charge in [-0.05, 0) is 69.5 Å². The molecule has 3 aromatic heterocycles. The summed E-state index contributed by atoms with van der Waals surface area (Å²) < 4.78 is 8.57. The number of carbonyl (C=O) groups is 2. The molecule has 0 bridgehead atoms. The number of hydrogen-bond donors (Lipinski definition) is 2. The second kappa shape index (κ2) is 14.3. The molecule has 2 N–H and O–H groups in total. The van der Waals surface area contributed by atoms with E-state index in [2.05, 4.69) is 71.6 Å². The lowest BCUT2D eigenvalue weighted by molar-refractivity contribution is 0.0766. The van der Waals surface area contributed by atoms with Crippen molar-refractivity contribution in [3.8, 4) is 5.75 Å². The number of ketones is 1. The quantitative estimate of drug-likeness (QED) is 0.168. The van der Waals surface area contributed by atoms with Gasteiger partial charge in [0, 0.05) is 28.9 Å². The Balaban J connectivity index is 1.16. The van der Waals surface area contributed by atoms with Gasteiger partial charge in [0.15, 0.2) is 17.3 Å². The van der Waals surface area contributed by atoms with Crippen molar-refractivity contribution in [1.82, 2.24) is 34.8 Å². The van der Waals surface area contributed by atoms with E-state index in [1.165, 1.54) is 19.3 Å². The van der Waals surface area contributed by atoms with Gasteiger partial charge in [0.05, 0.1) is 17.9 Å². The van der Waals surface area contributed by atoms with Crippen LogP contribution in [0.3, 0.4) is 0 Å². The SMILES string of the molecule is CN(C)C1(CCC(=O)c2nc(NC(=O)N[C@H]3CC[C@@H](Oc4ccc5nnc(C(C)(C)C)n5c4)c4ccccc43)cc(C(C)(C)C)n2)CCCCC1. The lowest BCUT2D eigenvalue weighted by Crippen LogP contribution is -2.46. The minimum Gasteiger partial charge on any atom is -0.484 e. The first kappa shape index (κ1) is 36.4. The van der Waals surface area contributed by atoms with E-state index in [4.69, 9.17) is 9.72 Å². The van der Waals surface area contributed by atoms with Gasteiger partial charge in [-0.25, -0.2) is 14.8 Å². The number of Topliss-reactive ketones (excluding diaryl/α,β-unsaturated/α-hetero) is 1. The van der Waals surface area contributed by atoms with Gasteiger partial charge in [0.25, 0.3) is 0 Å². The Morgan fingerprint density at radius 2 is 1.65 bits per heavy atom. The van der Waals surface area contributed by atoms with Gasteiger partial charge in [-0.1, -0.05) is 85.1 Å². The van der Waals surface area contributed by atoms with E-state index in [0.717, 1.165) is 47.6 Å². The summed E-state index contributed by atoms with van der Waals surface area (Å²) in [5.41, 5.74) is 3.04. The number of carbonyl (C=O) groups excluding carboxylic acids is 2. The third kappa shape index (κ3) is 8.08. The van der Waals surface area contributed by atoms with E-state index in [1.807, 2.05) is 61.7 Å². The van der Waals surface area contributed by atoms with Crippen LogP contribution in [0.1, 0.15) is 145 Å².